The van der Waals surface area contributed by atoms with Gasteiger partial charge < -0.3 is 20.6 Å². The van der Waals surface area contributed by atoms with Crippen molar-refractivity contribution in [3.05, 3.63) is 47.6 Å². The normalized spacial score (nSPS) is 16.1. The van der Waals surface area contributed by atoms with Crippen molar-refractivity contribution in [2.24, 2.45) is 0 Å². The van der Waals surface area contributed by atoms with Gasteiger partial charge in [0.15, 0.2) is 9.84 Å². The van der Waals surface area contributed by atoms with Crippen LogP contribution in [-0.4, -0.2) is 80.1 Å². The number of rotatable bonds is 14. The molecule has 1 fully saturated rings. The van der Waals surface area contributed by atoms with Crippen molar-refractivity contribution in [3.63, 3.8) is 0 Å². The number of carbonyl (C=O) groups excluding carboxylic acids is 2. The molecule has 0 aromatic heterocycles. The molecular weight excluding hydrogens is 550 g/mol. The third-order valence-electron chi connectivity index (χ3n) is 5.81. The summed E-state index contributed by atoms with van der Waals surface area (Å²) in [5.41, 5.74) is 0.776. The lowest BCUT2D eigenvalue weighted by Gasteiger charge is -2.27. The van der Waals surface area contributed by atoms with E-state index in [9.17, 15) is 23.1 Å². The molecular formula is C33H59N3O5S. The number of hydrogen-bond donors (Lipinski definition) is 3. The van der Waals surface area contributed by atoms with Crippen molar-refractivity contribution >= 4 is 21.7 Å². The number of nitrogens with zero attached hydrogens (tertiary/aromatic N) is 1. The molecule has 1 heterocycles. The van der Waals surface area contributed by atoms with Gasteiger partial charge in [0.1, 0.15) is 0 Å². The van der Waals surface area contributed by atoms with Gasteiger partial charge in [-0.15, -0.1) is 12.3 Å². The van der Waals surface area contributed by atoms with Crippen LogP contribution in [0.4, 0.5) is 0 Å². The highest BCUT2D eigenvalue weighted by molar-refractivity contribution is 7.91. The summed E-state index contributed by atoms with van der Waals surface area (Å²) in [5.74, 6) is 1.59. The van der Waals surface area contributed by atoms with Gasteiger partial charge in [0.05, 0.1) is 17.6 Å². The maximum absolute atomic E-state index is 12.8. The van der Waals surface area contributed by atoms with Gasteiger partial charge in [-0.25, -0.2) is 8.42 Å². The van der Waals surface area contributed by atoms with Crippen molar-refractivity contribution in [2.75, 3.05) is 37.7 Å². The fourth-order valence-electron chi connectivity index (χ4n) is 3.52. The van der Waals surface area contributed by atoms with Crippen LogP contribution in [0.1, 0.15) is 88.0 Å². The summed E-state index contributed by atoms with van der Waals surface area (Å²) in [6.07, 6.45) is 18.7. The standard InChI is InChI=1S/C26H43N3O5S.C3H4.2C2H6/c1-5-8-9-10-12-23(7-3)27-19-24(30)20-28-25(31)21(4)13-14-22(11-6-2)26(32)29-15-17-35(33,34)18-16-29;1-3-2;2*1-2/h6,8-9,11,13-14,23-24,27,30H,5,7,10,12,15-20H2,1-4H3,(H,28,31);1H,2H3;2*1-2H3/b9-8-,11-6-,21-13+,22-14+;;;. The molecule has 2 atom stereocenters. The van der Waals surface area contributed by atoms with Crippen molar-refractivity contribution in [3.8, 4) is 12.3 Å². The lowest BCUT2D eigenvalue weighted by atomic mass is 10.1. The van der Waals surface area contributed by atoms with Crippen LogP contribution >= 0.6 is 0 Å². The lowest BCUT2D eigenvalue weighted by Crippen LogP contribution is -2.44. The minimum atomic E-state index is -3.08. The first-order valence-electron chi connectivity index (χ1n) is 15.3. The van der Waals surface area contributed by atoms with Gasteiger partial charge in [-0.2, -0.15) is 0 Å². The molecule has 2 amide bonds. The first-order chi connectivity index (χ1) is 20.0. The molecule has 42 heavy (non-hydrogen) atoms. The Hall–Kier alpha value is -2.67. The Balaban J connectivity index is -0.00000199. The van der Waals surface area contributed by atoms with Crippen LogP contribution in [0.2, 0.25) is 0 Å². The molecule has 0 bridgehead atoms. The summed E-state index contributed by atoms with van der Waals surface area (Å²) in [6.45, 7) is 18.1. The van der Waals surface area contributed by atoms with E-state index in [0.29, 0.717) is 23.7 Å². The van der Waals surface area contributed by atoms with E-state index in [0.717, 1.165) is 25.7 Å². The molecule has 0 radical (unpaired) electrons. The maximum atomic E-state index is 12.8. The average Bonchev–Trinajstić information content (AvgIpc) is 2.99. The first kappa shape index (κ1) is 43.8. The van der Waals surface area contributed by atoms with Gasteiger partial charge in [-0.1, -0.05) is 71.9 Å². The Morgan fingerprint density at radius 1 is 1.05 bits per heavy atom. The second-order valence-corrected chi connectivity index (χ2v) is 11.3. The molecule has 2 unspecified atom stereocenters. The summed E-state index contributed by atoms with van der Waals surface area (Å²) in [6, 6.07) is 0.316. The van der Waals surface area contributed by atoms with E-state index >= 15 is 0 Å². The fraction of sp³-hybridized carbons (Fsp3) is 0.636. The van der Waals surface area contributed by atoms with Gasteiger partial charge >= 0.3 is 0 Å². The number of sulfone groups is 1. The van der Waals surface area contributed by atoms with Crippen LogP contribution in [0.3, 0.4) is 0 Å². The van der Waals surface area contributed by atoms with E-state index in [1.807, 2.05) is 27.7 Å². The number of carbonyl (C=O) groups is 2. The van der Waals surface area contributed by atoms with E-state index in [2.05, 4.69) is 49.0 Å². The molecule has 0 aromatic carbocycles. The predicted molar refractivity (Wildman–Crippen MR) is 179 cm³/mol. The quantitative estimate of drug-likeness (QED) is 0.111. The molecule has 9 heteroatoms. The fourth-order valence-corrected chi connectivity index (χ4v) is 4.72. The van der Waals surface area contributed by atoms with Crippen LogP contribution in [-0.2, 0) is 19.4 Å². The highest BCUT2D eigenvalue weighted by Gasteiger charge is 2.26. The summed E-state index contributed by atoms with van der Waals surface area (Å²) < 4.78 is 23.2. The molecule has 8 nitrogen and oxygen atoms in total. The number of terminal acetylenes is 1. The summed E-state index contributed by atoms with van der Waals surface area (Å²) in [7, 11) is -3.08. The van der Waals surface area contributed by atoms with Crippen LogP contribution < -0.4 is 10.6 Å². The Bertz CT molecular complexity index is 978. The molecule has 0 aliphatic carbocycles. The Kier molecular flexibility index (Phi) is 29.7. The lowest BCUT2D eigenvalue weighted by molar-refractivity contribution is -0.126. The van der Waals surface area contributed by atoms with Crippen molar-refractivity contribution in [1.29, 1.82) is 0 Å². The van der Waals surface area contributed by atoms with Gasteiger partial charge in [0.25, 0.3) is 5.91 Å². The highest BCUT2D eigenvalue weighted by atomic mass is 32.2. The summed E-state index contributed by atoms with van der Waals surface area (Å²) in [5, 5.41) is 16.3. The zero-order valence-corrected chi connectivity index (χ0v) is 28.5. The number of amides is 2. The average molecular weight is 610 g/mol. The molecule has 3 N–H and O–H groups in total. The molecule has 0 aromatic rings. The highest BCUT2D eigenvalue weighted by Crippen LogP contribution is 2.11. The van der Waals surface area contributed by atoms with Crippen LogP contribution in [0.25, 0.3) is 0 Å². The van der Waals surface area contributed by atoms with E-state index in [1.165, 1.54) is 4.90 Å². The summed E-state index contributed by atoms with van der Waals surface area (Å²) >= 11 is 0. The Morgan fingerprint density at radius 2 is 1.62 bits per heavy atom. The predicted octanol–water partition coefficient (Wildman–Crippen LogP) is 4.98. The number of aliphatic hydroxyl groups is 1. The molecule has 1 aliphatic rings. The summed E-state index contributed by atoms with van der Waals surface area (Å²) in [4.78, 5) is 26.7. The third-order valence-corrected chi connectivity index (χ3v) is 7.42. The third kappa shape index (κ3) is 22.0. The number of aliphatic hydroxyl groups excluding tert-OH is 1. The van der Waals surface area contributed by atoms with E-state index in [4.69, 9.17) is 0 Å². The minimum Gasteiger partial charge on any atom is -0.390 e. The second kappa shape index (κ2) is 28.4. The second-order valence-electron chi connectivity index (χ2n) is 9.04. The largest absolute Gasteiger partial charge is 0.390 e. The zero-order valence-electron chi connectivity index (χ0n) is 27.7. The van der Waals surface area contributed by atoms with Crippen molar-refractivity contribution in [2.45, 2.75) is 100 Å². The van der Waals surface area contributed by atoms with E-state index in [1.54, 1.807) is 45.1 Å². The molecule has 242 valence electrons. The van der Waals surface area contributed by atoms with E-state index in [-0.39, 0.29) is 43.0 Å². The van der Waals surface area contributed by atoms with Crippen molar-refractivity contribution in [1.82, 2.24) is 15.5 Å². The van der Waals surface area contributed by atoms with Gasteiger partial charge in [-0.05, 0) is 52.5 Å². The Morgan fingerprint density at radius 3 is 2.12 bits per heavy atom. The molecule has 1 aliphatic heterocycles. The van der Waals surface area contributed by atoms with Crippen LogP contribution in [0, 0.1) is 12.3 Å². The van der Waals surface area contributed by atoms with Gasteiger partial charge in [0.2, 0.25) is 5.91 Å². The first-order valence-corrected chi connectivity index (χ1v) is 17.1. The smallest absolute Gasteiger partial charge is 0.253 e. The number of hydrogen-bond acceptors (Lipinski definition) is 6. The molecule has 0 saturated carbocycles. The van der Waals surface area contributed by atoms with Gasteiger partial charge in [-0.3, -0.25) is 9.59 Å². The number of nitrogens with one attached hydrogen (secondary N) is 2. The van der Waals surface area contributed by atoms with Crippen molar-refractivity contribution < 1.29 is 23.1 Å². The van der Waals surface area contributed by atoms with Crippen LogP contribution in [0.15, 0.2) is 47.6 Å². The monoisotopic (exact) mass is 609 g/mol. The minimum absolute atomic E-state index is 0.0365. The van der Waals surface area contributed by atoms with Gasteiger partial charge in [0, 0.05) is 43.4 Å². The zero-order chi connectivity index (χ0) is 33.0. The molecule has 1 rings (SSSR count). The van der Waals surface area contributed by atoms with E-state index < -0.39 is 15.9 Å². The number of allylic oxidation sites excluding steroid dienone is 5. The van der Waals surface area contributed by atoms with Crippen LogP contribution in [0.5, 0.6) is 0 Å². The maximum Gasteiger partial charge on any atom is 0.253 e. The Labute approximate surface area is 257 Å². The topological polar surface area (TPSA) is 116 Å². The molecule has 1 saturated heterocycles. The molecule has 0 spiro atoms. The SMILES string of the molecule is C#CC.CC.CC.C\C=C/C(=C\C=C(/C)C(=O)NCC(O)CNC(CC)CC/C=C\CC)C(=O)N1CCS(=O)(=O)CC1.